The first kappa shape index (κ1) is 12.2. The highest BCUT2D eigenvalue weighted by atomic mass is 19.1. The highest BCUT2D eigenvalue weighted by Gasteiger charge is 2.17. The molecule has 0 aliphatic rings. The van der Waals surface area contributed by atoms with E-state index in [1.54, 1.807) is 11.6 Å². The normalized spacial score (nSPS) is 10.6. The summed E-state index contributed by atoms with van der Waals surface area (Å²) < 4.78 is 15.2. The van der Waals surface area contributed by atoms with Crippen LogP contribution in [0.25, 0.3) is 11.3 Å². The van der Waals surface area contributed by atoms with E-state index in [0.717, 1.165) is 12.1 Å². The van der Waals surface area contributed by atoms with Crippen LogP contribution < -0.4 is 0 Å². The Hall–Kier alpha value is -2.31. The quantitative estimate of drug-likeness (QED) is 0.619. The highest BCUT2D eigenvalue weighted by molar-refractivity contribution is 5.63. The molecular weight excluding hydrogens is 239 g/mol. The molecule has 0 saturated heterocycles. The van der Waals surface area contributed by atoms with Gasteiger partial charge in [0.25, 0.3) is 0 Å². The van der Waals surface area contributed by atoms with Gasteiger partial charge in [-0.1, -0.05) is 5.21 Å². The van der Waals surface area contributed by atoms with Crippen LogP contribution in [0.5, 0.6) is 0 Å². The molecule has 0 aliphatic heterocycles. The van der Waals surface area contributed by atoms with Crippen molar-refractivity contribution in [2.24, 2.45) is 0 Å². The molecule has 0 atom stereocenters. The third-order valence-corrected chi connectivity index (χ3v) is 2.62. The second kappa shape index (κ2) is 4.52. The Kier molecular flexibility index (Phi) is 3.05. The zero-order chi connectivity index (χ0) is 13.3. The van der Waals surface area contributed by atoms with E-state index in [-0.39, 0.29) is 0 Å². The molecular formula is C11H11FN4O2. The van der Waals surface area contributed by atoms with Crippen LogP contribution in [0, 0.1) is 22.9 Å². The Bertz CT molecular complexity index is 609. The lowest BCUT2D eigenvalue weighted by Gasteiger charge is -2.05. The number of nitro groups is 1. The zero-order valence-corrected chi connectivity index (χ0v) is 9.92. The molecule has 0 fully saturated rings. The predicted octanol–water partition coefficient (Wildman–Crippen LogP) is 2.32. The molecule has 0 aliphatic carbocycles. The summed E-state index contributed by atoms with van der Waals surface area (Å²) in [5.41, 5.74) is 1.32. The number of nitrogens with zero attached hydrogens (tertiary/aromatic N) is 4. The number of aryl methyl sites for hydroxylation is 2. The minimum Gasteiger partial charge on any atom is -0.258 e. The van der Waals surface area contributed by atoms with Crippen LogP contribution in [-0.4, -0.2) is 19.9 Å². The molecule has 0 N–H and O–H groups in total. The van der Waals surface area contributed by atoms with E-state index >= 15 is 0 Å². The molecule has 0 saturated carbocycles. The van der Waals surface area contributed by atoms with Crippen LogP contribution in [0.4, 0.5) is 10.1 Å². The SMILES string of the molecule is CCn1nnc(C)c1-c1ccc([N+](=O)[O-])c(F)c1. The molecule has 0 radical (unpaired) electrons. The summed E-state index contributed by atoms with van der Waals surface area (Å²) in [6.07, 6.45) is 0. The van der Waals surface area contributed by atoms with E-state index in [0.29, 0.717) is 23.5 Å². The van der Waals surface area contributed by atoms with E-state index in [1.807, 2.05) is 6.92 Å². The Labute approximate surface area is 102 Å². The number of hydrogen-bond donors (Lipinski definition) is 0. The van der Waals surface area contributed by atoms with E-state index in [4.69, 9.17) is 0 Å². The molecule has 0 amide bonds. The summed E-state index contributed by atoms with van der Waals surface area (Å²) in [7, 11) is 0. The molecule has 2 aromatic rings. The lowest BCUT2D eigenvalue weighted by Crippen LogP contribution is -2.00. The van der Waals surface area contributed by atoms with Crippen molar-refractivity contribution in [1.82, 2.24) is 15.0 Å². The summed E-state index contributed by atoms with van der Waals surface area (Å²) in [6, 6.07) is 3.78. The molecule has 0 unspecified atom stereocenters. The number of hydrogen-bond acceptors (Lipinski definition) is 4. The van der Waals surface area contributed by atoms with Crippen molar-refractivity contribution in [3.63, 3.8) is 0 Å². The van der Waals surface area contributed by atoms with Crippen LogP contribution in [0.1, 0.15) is 12.6 Å². The van der Waals surface area contributed by atoms with Crippen molar-refractivity contribution >= 4 is 5.69 Å². The van der Waals surface area contributed by atoms with Crippen LogP contribution >= 0.6 is 0 Å². The molecule has 2 rings (SSSR count). The number of benzene rings is 1. The Balaban J connectivity index is 2.55. The smallest absolute Gasteiger partial charge is 0.258 e. The molecule has 7 heteroatoms. The van der Waals surface area contributed by atoms with Gasteiger partial charge in [0.15, 0.2) is 0 Å². The van der Waals surface area contributed by atoms with Gasteiger partial charge in [0.05, 0.1) is 16.3 Å². The maximum atomic E-state index is 13.6. The molecule has 1 aromatic carbocycles. The number of rotatable bonds is 3. The maximum absolute atomic E-state index is 13.6. The van der Waals surface area contributed by atoms with E-state index in [9.17, 15) is 14.5 Å². The van der Waals surface area contributed by atoms with Gasteiger partial charge in [-0.15, -0.1) is 5.10 Å². The van der Waals surface area contributed by atoms with E-state index in [2.05, 4.69) is 10.3 Å². The second-order valence-electron chi connectivity index (χ2n) is 3.76. The second-order valence-corrected chi connectivity index (χ2v) is 3.76. The average molecular weight is 250 g/mol. The van der Waals surface area contributed by atoms with Gasteiger partial charge in [-0.05, 0) is 26.0 Å². The van der Waals surface area contributed by atoms with Crippen molar-refractivity contribution < 1.29 is 9.31 Å². The Morgan fingerprint density at radius 2 is 2.22 bits per heavy atom. The average Bonchev–Trinajstić information content (AvgIpc) is 2.69. The maximum Gasteiger partial charge on any atom is 0.304 e. The molecule has 18 heavy (non-hydrogen) atoms. The standard InChI is InChI=1S/C11H11FN4O2/c1-3-15-11(7(2)13-14-15)8-4-5-10(16(17)18)9(12)6-8/h4-6H,3H2,1-2H3. The van der Waals surface area contributed by atoms with Gasteiger partial charge >= 0.3 is 5.69 Å². The fourth-order valence-electron chi connectivity index (χ4n) is 1.78. The van der Waals surface area contributed by atoms with Gasteiger partial charge in [0, 0.05) is 18.2 Å². The van der Waals surface area contributed by atoms with Gasteiger partial charge in [-0.25, -0.2) is 4.68 Å². The van der Waals surface area contributed by atoms with Crippen LogP contribution in [0.15, 0.2) is 18.2 Å². The first-order valence-corrected chi connectivity index (χ1v) is 5.39. The predicted molar refractivity (Wildman–Crippen MR) is 62.5 cm³/mol. The summed E-state index contributed by atoms with van der Waals surface area (Å²) >= 11 is 0. The zero-order valence-electron chi connectivity index (χ0n) is 9.92. The van der Waals surface area contributed by atoms with Gasteiger partial charge in [-0.2, -0.15) is 4.39 Å². The highest BCUT2D eigenvalue weighted by Crippen LogP contribution is 2.26. The molecule has 94 valence electrons. The summed E-state index contributed by atoms with van der Waals surface area (Å²) in [5.74, 6) is -0.860. The molecule has 6 nitrogen and oxygen atoms in total. The van der Waals surface area contributed by atoms with Crippen molar-refractivity contribution in [3.8, 4) is 11.3 Å². The van der Waals surface area contributed by atoms with Crippen molar-refractivity contribution in [1.29, 1.82) is 0 Å². The van der Waals surface area contributed by atoms with Crippen molar-refractivity contribution in [2.75, 3.05) is 0 Å². The van der Waals surface area contributed by atoms with Gasteiger partial charge in [0.2, 0.25) is 5.82 Å². The van der Waals surface area contributed by atoms with Crippen LogP contribution in [-0.2, 0) is 6.54 Å². The van der Waals surface area contributed by atoms with Gasteiger partial charge in [0.1, 0.15) is 0 Å². The first-order chi connectivity index (χ1) is 8.54. The number of aromatic nitrogens is 3. The molecule has 0 spiro atoms. The topological polar surface area (TPSA) is 73.8 Å². The fraction of sp³-hybridized carbons (Fsp3) is 0.273. The first-order valence-electron chi connectivity index (χ1n) is 5.39. The molecule has 0 bridgehead atoms. The number of halogens is 1. The molecule has 1 aromatic heterocycles. The Morgan fingerprint density at radius 3 is 2.78 bits per heavy atom. The summed E-state index contributed by atoms with van der Waals surface area (Å²) in [5, 5.41) is 18.4. The van der Waals surface area contributed by atoms with Crippen LogP contribution in [0.3, 0.4) is 0 Å². The summed E-state index contributed by atoms with van der Waals surface area (Å²) in [4.78, 5) is 9.80. The monoisotopic (exact) mass is 250 g/mol. The minimum atomic E-state index is -0.860. The minimum absolute atomic E-state index is 0.530. The van der Waals surface area contributed by atoms with Crippen molar-refractivity contribution in [3.05, 3.63) is 39.8 Å². The van der Waals surface area contributed by atoms with Gasteiger partial charge < -0.3 is 0 Å². The lowest BCUT2D eigenvalue weighted by atomic mass is 10.1. The third-order valence-electron chi connectivity index (χ3n) is 2.62. The molecule has 1 heterocycles. The lowest BCUT2D eigenvalue weighted by molar-refractivity contribution is -0.387. The van der Waals surface area contributed by atoms with Crippen LogP contribution in [0.2, 0.25) is 0 Å². The van der Waals surface area contributed by atoms with Crippen molar-refractivity contribution in [2.45, 2.75) is 20.4 Å². The Morgan fingerprint density at radius 1 is 1.50 bits per heavy atom. The van der Waals surface area contributed by atoms with E-state index < -0.39 is 16.4 Å². The fourth-order valence-corrected chi connectivity index (χ4v) is 1.78. The summed E-state index contributed by atoms with van der Waals surface area (Å²) in [6.45, 7) is 4.24. The van der Waals surface area contributed by atoms with E-state index in [1.165, 1.54) is 6.07 Å². The van der Waals surface area contributed by atoms with Gasteiger partial charge in [-0.3, -0.25) is 10.1 Å². The number of nitro benzene ring substituents is 1. The largest absolute Gasteiger partial charge is 0.304 e. The third kappa shape index (κ3) is 1.94.